The standard InChI is InChI=1S/C18H21NO7S/c1-4-25-17(21)10-16-19(15(20)11-27-16)7-8-26-13-6-5-12(18(22)24-3)9-14(13)23-2/h5-6,9-10H,4,7-8,11H2,1-3H3/b16-10-. The first-order valence-corrected chi connectivity index (χ1v) is 9.19. The Bertz CT molecular complexity index is 747. The summed E-state index contributed by atoms with van der Waals surface area (Å²) in [6.07, 6.45) is 1.31. The number of rotatable bonds is 8. The molecule has 1 aromatic carbocycles. The van der Waals surface area contributed by atoms with Gasteiger partial charge >= 0.3 is 11.9 Å². The van der Waals surface area contributed by atoms with E-state index in [9.17, 15) is 14.4 Å². The minimum Gasteiger partial charge on any atom is -0.493 e. The highest BCUT2D eigenvalue weighted by atomic mass is 32.2. The molecule has 0 atom stereocenters. The largest absolute Gasteiger partial charge is 0.493 e. The van der Waals surface area contributed by atoms with Crippen LogP contribution in [0.15, 0.2) is 29.3 Å². The quantitative estimate of drug-likeness (QED) is 0.486. The number of methoxy groups -OCH3 is 2. The maximum Gasteiger partial charge on any atom is 0.337 e. The molecule has 0 spiro atoms. The van der Waals surface area contributed by atoms with Gasteiger partial charge in [0, 0.05) is 0 Å². The Kier molecular flexibility index (Phi) is 7.54. The lowest BCUT2D eigenvalue weighted by Crippen LogP contribution is -2.29. The Morgan fingerprint density at radius 1 is 1.26 bits per heavy atom. The fourth-order valence-corrected chi connectivity index (χ4v) is 3.29. The van der Waals surface area contributed by atoms with Crippen molar-refractivity contribution in [2.24, 2.45) is 0 Å². The minimum absolute atomic E-state index is 0.104. The normalized spacial score (nSPS) is 15.0. The van der Waals surface area contributed by atoms with E-state index in [1.807, 2.05) is 0 Å². The Morgan fingerprint density at radius 3 is 2.70 bits per heavy atom. The second-order valence-electron chi connectivity index (χ2n) is 5.27. The molecule has 1 aromatic rings. The third-order valence-corrected chi connectivity index (χ3v) is 4.62. The maximum absolute atomic E-state index is 12.0. The molecule has 2 rings (SSSR count). The van der Waals surface area contributed by atoms with Crippen molar-refractivity contribution in [1.82, 2.24) is 4.90 Å². The van der Waals surface area contributed by atoms with E-state index in [1.54, 1.807) is 19.1 Å². The molecule has 0 radical (unpaired) electrons. The van der Waals surface area contributed by atoms with Crippen LogP contribution in [0.2, 0.25) is 0 Å². The number of thioether (sulfide) groups is 1. The number of amides is 1. The third-order valence-electron chi connectivity index (χ3n) is 3.60. The molecule has 9 heteroatoms. The third kappa shape index (κ3) is 5.40. The van der Waals surface area contributed by atoms with Crippen molar-refractivity contribution < 1.29 is 33.3 Å². The summed E-state index contributed by atoms with van der Waals surface area (Å²) in [5.41, 5.74) is 0.340. The molecule has 0 unspecified atom stereocenters. The van der Waals surface area contributed by atoms with Gasteiger partial charge in [-0.25, -0.2) is 9.59 Å². The first-order valence-electron chi connectivity index (χ1n) is 8.21. The lowest BCUT2D eigenvalue weighted by atomic mass is 10.2. The van der Waals surface area contributed by atoms with Crippen LogP contribution in [0.4, 0.5) is 0 Å². The summed E-state index contributed by atoms with van der Waals surface area (Å²) in [5.74, 6) is 0.00589. The van der Waals surface area contributed by atoms with Crippen molar-refractivity contribution in [2.75, 3.05) is 39.7 Å². The summed E-state index contributed by atoms with van der Waals surface area (Å²) in [7, 11) is 2.76. The Balaban J connectivity index is 2.01. The summed E-state index contributed by atoms with van der Waals surface area (Å²) < 4.78 is 20.5. The van der Waals surface area contributed by atoms with Gasteiger partial charge in [-0.2, -0.15) is 0 Å². The number of ether oxygens (including phenoxy) is 4. The van der Waals surface area contributed by atoms with Gasteiger partial charge in [-0.15, -0.1) is 0 Å². The van der Waals surface area contributed by atoms with Crippen molar-refractivity contribution in [1.29, 1.82) is 0 Å². The van der Waals surface area contributed by atoms with Gasteiger partial charge in [-0.05, 0) is 25.1 Å². The van der Waals surface area contributed by atoms with Crippen molar-refractivity contribution >= 4 is 29.6 Å². The summed E-state index contributed by atoms with van der Waals surface area (Å²) in [4.78, 5) is 36.7. The van der Waals surface area contributed by atoms with E-state index in [1.165, 1.54) is 43.0 Å². The van der Waals surface area contributed by atoms with Crippen LogP contribution in [-0.2, 0) is 19.1 Å². The molecule has 0 saturated carbocycles. The molecule has 0 aliphatic carbocycles. The van der Waals surface area contributed by atoms with E-state index in [0.29, 0.717) is 22.1 Å². The van der Waals surface area contributed by atoms with Gasteiger partial charge in [-0.1, -0.05) is 11.8 Å². The molecule has 0 N–H and O–H groups in total. The highest BCUT2D eigenvalue weighted by molar-refractivity contribution is 8.04. The number of nitrogens with zero attached hydrogens (tertiary/aromatic N) is 1. The second-order valence-corrected chi connectivity index (χ2v) is 6.27. The number of hydrogen-bond acceptors (Lipinski definition) is 8. The molecule has 1 aliphatic rings. The highest BCUT2D eigenvalue weighted by Crippen LogP contribution is 2.30. The van der Waals surface area contributed by atoms with E-state index in [0.717, 1.165) is 0 Å². The molecule has 1 fully saturated rings. The monoisotopic (exact) mass is 395 g/mol. The SMILES string of the molecule is CCOC(=O)/C=C1\SCC(=O)N1CCOc1ccc(C(=O)OC)cc1OC. The zero-order chi connectivity index (χ0) is 19.8. The van der Waals surface area contributed by atoms with Crippen LogP contribution in [0.3, 0.4) is 0 Å². The molecule has 0 aromatic heterocycles. The van der Waals surface area contributed by atoms with Gasteiger partial charge in [0.2, 0.25) is 5.91 Å². The van der Waals surface area contributed by atoms with Crippen LogP contribution in [-0.4, -0.2) is 62.5 Å². The van der Waals surface area contributed by atoms with Gasteiger partial charge in [0.15, 0.2) is 11.5 Å². The van der Waals surface area contributed by atoms with Crippen LogP contribution < -0.4 is 9.47 Å². The van der Waals surface area contributed by atoms with Crippen molar-refractivity contribution in [2.45, 2.75) is 6.92 Å². The van der Waals surface area contributed by atoms with E-state index in [-0.39, 0.29) is 31.4 Å². The van der Waals surface area contributed by atoms with Crippen molar-refractivity contribution in [3.8, 4) is 11.5 Å². The van der Waals surface area contributed by atoms with Crippen LogP contribution in [0.1, 0.15) is 17.3 Å². The molecule has 8 nitrogen and oxygen atoms in total. The molecular formula is C18H21NO7S. The number of esters is 2. The van der Waals surface area contributed by atoms with Crippen LogP contribution in [0, 0.1) is 0 Å². The highest BCUT2D eigenvalue weighted by Gasteiger charge is 2.27. The van der Waals surface area contributed by atoms with E-state index in [4.69, 9.17) is 14.2 Å². The lowest BCUT2D eigenvalue weighted by Gasteiger charge is -2.18. The van der Waals surface area contributed by atoms with Gasteiger partial charge in [0.25, 0.3) is 0 Å². The second kappa shape index (κ2) is 9.86. The molecule has 1 amide bonds. The van der Waals surface area contributed by atoms with Gasteiger partial charge in [0.05, 0.1) is 49.8 Å². The van der Waals surface area contributed by atoms with Gasteiger partial charge in [0.1, 0.15) is 6.61 Å². The first kappa shape index (κ1) is 20.6. The van der Waals surface area contributed by atoms with Crippen LogP contribution in [0.5, 0.6) is 11.5 Å². The topological polar surface area (TPSA) is 91.4 Å². The molecule has 0 bridgehead atoms. The molecule has 1 heterocycles. The summed E-state index contributed by atoms with van der Waals surface area (Å²) >= 11 is 1.28. The predicted octanol–water partition coefficient (Wildman–Crippen LogP) is 1.84. The van der Waals surface area contributed by atoms with Crippen LogP contribution in [0.25, 0.3) is 0 Å². The summed E-state index contributed by atoms with van der Waals surface area (Å²) in [5, 5.41) is 0.537. The molecular weight excluding hydrogens is 374 g/mol. The van der Waals surface area contributed by atoms with Crippen LogP contribution >= 0.6 is 11.8 Å². The molecule has 1 aliphatic heterocycles. The molecule has 1 saturated heterocycles. The number of carbonyl (C=O) groups excluding carboxylic acids is 3. The van der Waals surface area contributed by atoms with Gasteiger partial charge in [-0.3, -0.25) is 4.79 Å². The minimum atomic E-state index is -0.485. The fourth-order valence-electron chi connectivity index (χ4n) is 2.33. The maximum atomic E-state index is 12.0. The smallest absolute Gasteiger partial charge is 0.337 e. The van der Waals surface area contributed by atoms with E-state index < -0.39 is 11.9 Å². The Labute approximate surface area is 161 Å². The molecule has 27 heavy (non-hydrogen) atoms. The average molecular weight is 395 g/mol. The van der Waals surface area contributed by atoms with E-state index in [2.05, 4.69) is 4.74 Å². The zero-order valence-corrected chi connectivity index (χ0v) is 16.2. The first-order chi connectivity index (χ1) is 13.0. The Hall–Kier alpha value is -2.68. The summed E-state index contributed by atoms with van der Waals surface area (Å²) in [6, 6.07) is 4.68. The Morgan fingerprint density at radius 2 is 2.04 bits per heavy atom. The summed E-state index contributed by atoms with van der Waals surface area (Å²) in [6.45, 7) is 2.43. The molecule has 146 valence electrons. The van der Waals surface area contributed by atoms with E-state index >= 15 is 0 Å². The van der Waals surface area contributed by atoms with Crippen molar-refractivity contribution in [3.05, 3.63) is 34.9 Å². The number of carbonyl (C=O) groups is 3. The number of hydrogen-bond donors (Lipinski definition) is 0. The average Bonchev–Trinajstić information content (AvgIpc) is 3.01. The zero-order valence-electron chi connectivity index (χ0n) is 15.4. The van der Waals surface area contributed by atoms with Crippen molar-refractivity contribution in [3.63, 3.8) is 0 Å². The predicted molar refractivity (Wildman–Crippen MR) is 98.7 cm³/mol. The lowest BCUT2D eigenvalue weighted by molar-refractivity contribution is -0.137. The number of benzene rings is 1. The fraction of sp³-hybridized carbons (Fsp3) is 0.389. The van der Waals surface area contributed by atoms with Gasteiger partial charge < -0.3 is 23.8 Å².